The van der Waals surface area contributed by atoms with Crippen molar-refractivity contribution in [3.63, 3.8) is 0 Å². The zero-order chi connectivity index (χ0) is 25.1. The molecule has 0 saturated carbocycles. The Labute approximate surface area is 214 Å². The number of anilines is 1. The number of rotatable bonds is 7. The Hall–Kier alpha value is -4.11. The first kappa shape index (κ1) is 23.6. The van der Waals surface area contributed by atoms with Crippen LogP contribution in [0, 0.1) is 12.7 Å². The molecule has 7 nitrogen and oxygen atoms in total. The van der Waals surface area contributed by atoms with Gasteiger partial charge in [0.25, 0.3) is 0 Å². The minimum atomic E-state index is -0.350. The number of carbonyl (C=O) groups is 1. The largest absolute Gasteiger partial charge is 0.352 e. The third-order valence-corrected chi connectivity index (χ3v) is 6.57. The topological polar surface area (TPSA) is 75.1 Å². The number of aromatic nitrogens is 3. The van der Waals surface area contributed by atoms with E-state index in [9.17, 15) is 9.18 Å². The lowest BCUT2D eigenvalue weighted by Crippen LogP contribution is -2.33. The first-order chi connectivity index (χ1) is 17.5. The van der Waals surface area contributed by atoms with E-state index in [1.165, 1.54) is 12.1 Å². The van der Waals surface area contributed by atoms with E-state index in [-0.39, 0.29) is 30.2 Å². The first-order valence-electron chi connectivity index (χ1n) is 11.6. The molecule has 5 rings (SSSR count). The second-order valence-corrected chi connectivity index (χ2v) is 8.96. The van der Waals surface area contributed by atoms with Crippen LogP contribution in [-0.4, -0.2) is 37.0 Å². The van der Waals surface area contributed by atoms with Gasteiger partial charge in [-0.25, -0.2) is 4.39 Å². The molecule has 0 unspecified atom stereocenters. The summed E-state index contributed by atoms with van der Waals surface area (Å²) in [5.41, 5.74) is 4.43. The van der Waals surface area contributed by atoms with Gasteiger partial charge in [0.2, 0.25) is 5.91 Å². The maximum atomic E-state index is 13.2. The Morgan fingerprint density at radius 3 is 2.64 bits per heavy atom. The van der Waals surface area contributed by atoms with Crippen molar-refractivity contribution in [2.75, 3.05) is 11.9 Å². The maximum absolute atomic E-state index is 13.2. The highest BCUT2D eigenvalue weighted by Crippen LogP contribution is 2.40. The fourth-order valence-corrected chi connectivity index (χ4v) is 4.91. The Kier molecular flexibility index (Phi) is 6.73. The van der Waals surface area contributed by atoms with Gasteiger partial charge in [-0.2, -0.15) is 0 Å². The van der Waals surface area contributed by atoms with Crippen molar-refractivity contribution < 1.29 is 9.18 Å². The highest BCUT2D eigenvalue weighted by Gasteiger charge is 2.41. The van der Waals surface area contributed by atoms with Crippen LogP contribution in [-0.2, 0) is 4.79 Å². The minimum absolute atomic E-state index is 0.178. The number of nitrogens with zero attached hydrogens (tertiary/aromatic N) is 4. The van der Waals surface area contributed by atoms with Crippen molar-refractivity contribution in [3.8, 4) is 5.69 Å². The summed E-state index contributed by atoms with van der Waals surface area (Å²) in [6.07, 6.45) is 5.54. The lowest BCUT2D eigenvalue weighted by Gasteiger charge is -2.29. The van der Waals surface area contributed by atoms with Crippen LogP contribution in [0.2, 0.25) is 0 Å². The van der Waals surface area contributed by atoms with E-state index in [4.69, 9.17) is 12.2 Å². The number of benzene rings is 1. The second kappa shape index (κ2) is 10.2. The summed E-state index contributed by atoms with van der Waals surface area (Å²) in [6.45, 7) is 2.44. The zero-order valence-electron chi connectivity index (χ0n) is 19.6. The Morgan fingerprint density at radius 2 is 1.92 bits per heavy atom. The van der Waals surface area contributed by atoms with Crippen molar-refractivity contribution in [1.29, 1.82) is 0 Å². The van der Waals surface area contributed by atoms with Crippen molar-refractivity contribution >= 4 is 28.9 Å². The molecule has 1 saturated heterocycles. The molecular weight excluding hydrogens is 475 g/mol. The SMILES string of the molecule is Cc1ccc([C@@H]2[C@@H](c3ccccn3)NC(=S)N2CCC(=O)Nc2ccc(F)cc2)n1-c1cccnc1. The van der Waals surface area contributed by atoms with Gasteiger partial charge >= 0.3 is 0 Å². The molecule has 36 heavy (non-hydrogen) atoms. The monoisotopic (exact) mass is 500 g/mol. The third kappa shape index (κ3) is 4.83. The quantitative estimate of drug-likeness (QED) is 0.358. The van der Waals surface area contributed by atoms with Crippen LogP contribution in [0.25, 0.3) is 5.69 Å². The van der Waals surface area contributed by atoms with Gasteiger partial charge < -0.3 is 20.1 Å². The predicted octanol–water partition coefficient (Wildman–Crippen LogP) is 4.72. The summed E-state index contributed by atoms with van der Waals surface area (Å²) >= 11 is 5.75. The number of hydrogen-bond donors (Lipinski definition) is 2. The highest BCUT2D eigenvalue weighted by atomic mass is 32.1. The first-order valence-corrected chi connectivity index (χ1v) is 12.0. The van der Waals surface area contributed by atoms with Gasteiger partial charge in [0.05, 0.1) is 29.7 Å². The molecule has 1 aliphatic heterocycles. The van der Waals surface area contributed by atoms with Gasteiger partial charge in [-0.05, 0) is 79.8 Å². The standard InChI is InChI=1S/C27H25FN6OS/c1-18-7-12-23(34(18)21-5-4-14-29-17-21)26-25(22-6-2-3-15-30-22)32-27(36)33(26)16-13-24(35)31-20-10-8-19(28)9-11-20/h2-12,14-15,17,25-26H,13,16H2,1H3,(H,31,35)(H,32,36)/t25-,26-/m1/s1. The van der Waals surface area contributed by atoms with Crippen LogP contribution >= 0.6 is 12.2 Å². The Balaban J connectivity index is 1.45. The summed E-state index contributed by atoms with van der Waals surface area (Å²) in [7, 11) is 0. The van der Waals surface area contributed by atoms with Crippen LogP contribution < -0.4 is 10.6 Å². The van der Waals surface area contributed by atoms with E-state index >= 15 is 0 Å². The van der Waals surface area contributed by atoms with Crippen LogP contribution in [0.1, 0.15) is 35.6 Å². The molecule has 182 valence electrons. The molecule has 1 aliphatic rings. The third-order valence-electron chi connectivity index (χ3n) is 6.22. The average molecular weight is 501 g/mol. The van der Waals surface area contributed by atoms with E-state index < -0.39 is 0 Å². The minimum Gasteiger partial charge on any atom is -0.352 e. The normalized spacial score (nSPS) is 17.2. The Bertz CT molecular complexity index is 1360. The van der Waals surface area contributed by atoms with E-state index in [0.29, 0.717) is 17.3 Å². The summed E-state index contributed by atoms with van der Waals surface area (Å²) < 4.78 is 15.4. The smallest absolute Gasteiger partial charge is 0.226 e. The summed E-state index contributed by atoms with van der Waals surface area (Å²) in [5.74, 6) is -0.528. The number of thiocarbonyl (C=S) groups is 1. The molecule has 9 heteroatoms. The highest BCUT2D eigenvalue weighted by molar-refractivity contribution is 7.80. The molecule has 0 radical (unpaired) electrons. The zero-order valence-corrected chi connectivity index (χ0v) is 20.5. The maximum Gasteiger partial charge on any atom is 0.226 e. The molecular formula is C27H25FN6OS. The second-order valence-electron chi connectivity index (χ2n) is 8.57. The molecule has 0 aliphatic carbocycles. The van der Waals surface area contributed by atoms with E-state index in [0.717, 1.165) is 22.8 Å². The molecule has 4 heterocycles. The van der Waals surface area contributed by atoms with E-state index in [1.807, 2.05) is 48.4 Å². The fourth-order valence-electron chi connectivity index (χ4n) is 4.57. The Morgan fingerprint density at radius 1 is 1.08 bits per heavy atom. The molecule has 1 fully saturated rings. The number of carbonyl (C=O) groups excluding carboxylic acids is 1. The lowest BCUT2D eigenvalue weighted by molar-refractivity contribution is -0.116. The molecule has 2 atom stereocenters. The summed E-state index contributed by atoms with van der Waals surface area (Å²) in [6, 6.07) is 19.2. The van der Waals surface area contributed by atoms with E-state index in [1.54, 1.807) is 24.5 Å². The molecule has 3 aromatic heterocycles. The van der Waals surface area contributed by atoms with Gasteiger partial charge in [-0.3, -0.25) is 14.8 Å². The fraction of sp³-hybridized carbons (Fsp3) is 0.185. The molecule has 0 spiro atoms. The lowest BCUT2D eigenvalue weighted by atomic mass is 10.0. The number of halogens is 1. The molecule has 1 aromatic carbocycles. The van der Waals surface area contributed by atoms with Crippen LogP contribution in [0.4, 0.5) is 10.1 Å². The van der Waals surface area contributed by atoms with Crippen molar-refractivity contribution in [2.45, 2.75) is 25.4 Å². The van der Waals surface area contributed by atoms with Crippen molar-refractivity contribution in [2.24, 2.45) is 0 Å². The van der Waals surface area contributed by atoms with Crippen molar-refractivity contribution in [1.82, 2.24) is 24.8 Å². The average Bonchev–Trinajstić information content (AvgIpc) is 3.44. The molecule has 2 N–H and O–H groups in total. The van der Waals surface area contributed by atoms with Gasteiger partial charge in [0.15, 0.2) is 5.11 Å². The van der Waals surface area contributed by atoms with Gasteiger partial charge in [-0.1, -0.05) is 6.07 Å². The van der Waals surface area contributed by atoms with Crippen LogP contribution in [0.5, 0.6) is 0 Å². The number of amides is 1. The number of aryl methyl sites for hydroxylation is 1. The summed E-state index contributed by atoms with van der Waals surface area (Å²) in [4.78, 5) is 23.7. The molecule has 4 aromatic rings. The number of pyridine rings is 2. The van der Waals surface area contributed by atoms with Crippen molar-refractivity contribution in [3.05, 3.63) is 108 Å². The number of nitrogens with one attached hydrogen (secondary N) is 2. The van der Waals surface area contributed by atoms with Crippen LogP contribution in [0.3, 0.4) is 0 Å². The molecule has 1 amide bonds. The van der Waals surface area contributed by atoms with E-state index in [2.05, 4.69) is 37.3 Å². The van der Waals surface area contributed by atoms with Gasteiger partial charge in [0, 0.05) is 42.4 Å². The molecule has 0 bridgehead atoms. The number of hydrogen-bond acceptors (Lipinski definition) is 4. The predicted molar refractivity (Wildman–Crippen MR) is 140 cm³/mol. The van der Waals surface area contributed by atoms with Gasteiger partial charge in [0.1, 0.15) is 5.82 Å². The summed E-state index contributed by atoms with van der Waals surface area (Å²) in [5, 5.41) is 6.81. The van der Waals surface area contributed by atoms with Gasteiger partial charge in [-0.15, -0.1) is 0 Å². The van der Waals surface area contributed by atoms with Crippen LogP contribution in [0.15, 0.2) is 85.3 Å².